The molecule has 1 aromatic carbocycles. The Hall–Kier alpha value is -1.88. The van der Waals surface area contributed by atoms with Crippen LogP contribution in [-0.2, 0) is 6.42 Å². The fourth-order valence-electron chi connectivity index (χ4n) is 2.37. The van der Waals surface area contributed by atoms with Gasteiger partial charge < -0.3 is 15.0 Å². The van der Waals surface area contributed by atoms with Crippen molar-refractivity contribution in [3.63, 3.8) is 0 Å². The number of benzene rings is 1. The lowest BCUT2D eigenvalue weighted by Crippen LogP contribution is -2.19. The second-order valence-corrected chi connectivity index (χ2v) is 5.68. The first-order valence-corrected chi connectivity index (χ1v) is 7.29. The van der Waals surface area contributed by atoms with Crippen molar-refractivity contribution in [2.24, 2.45) is 17.6 Å². The molecule has 1 heterocycles. The van der Waals surface area contributed by atoms with Gasteiger partial charge in [-0.2, -0.15) is 4.98 Å². The summed E-state index contributed by atoms with van der Waals surface area (Å²) in [4.78, 5) is 4.46. The van der Waals surface area contributed by atoms with Crippen LogP contribution in [0.5, 0.6) is 5.75 Å². The molecule has 0 saturated carbocycles. The third-order valence-electron chi connectivity index (χ3n) is 3.42. The summed E-state index contributed by atoms with van der Waals surface area (Å²) < 4.78 is 10.5. The Morgan fingerprint density at radius 3 is 2.52 bits per heavy atom. The summed E-state index contributed by atoms with van der Waals surface area (Å²) in [7, 11) is 1.64. The molecule has 114 valence electrons. The fraction of sp³-hybridized carbons (Fsp3) is 0.500. The highest BCUT2D eigenvalue weighted by Gasteiger charge is 2.15. The summed E-state index contributed by atoms with van der Waals surface area (Å²) >= 11 is 0. The van der Waals surface area contributed by atoms with E-state index in [0.717, 1.165) is 24.2 Å². The van der Waals surface area contributed by atoms with Crippen LogP contribution in [0.3, 0.4) is 0 Å². The minimum absolute atomic E-state index is 0.383. The Bertz CT molecular complexity index is 549. The number of hydrogen-bond acceptors (Lipinski definition) is 5. The molecule has 0 aliphatic heterocycles. The van der Waals surface area contributed by atoms with Crippen molar-refractivity contribution in [3.05, 3.63) is 30.2 Å². The number of aromatic nitrogens is 2. The van der Waals surface area contributed by atoms with Crippen molar-refractivity contribution in [3.8, 4) is 17.1 Å². The molecule has 2 rings (SSSR count). The molecule has 0 aliphatic carbocycles. The van der Waals surface area contributed by atoms with E-state index in [2.05, 4.69) is 24.0 Å². The topological polar surface area (TPSA) is 74.2 Å². The van der Waals surface area contributed by atoms with E-state index in [1.807, 2.05) is 24.3 Å². The summed E-state index contributed by atoms with van der Waals surface area (Å²) in [5.41, 5.74) is 6.73. The van der Waals surface area contributed by atoms with Gasteiger partial charge in [0.1, 0.15) is 5.75 Å². The monoisotopic (exact) mass is 289 g/mol. The van der Waals surface area contributed by atoms with E-state index >= 15 is 0 Å². The summed E-state index contributed by atoms with van der Waals surface area (Å²) in [6, 6.07) is 7.60. The van der Waals surface area contributed by atoms with Gasteiger partial charge in [-0.15, -0.1) is 0 Å². The van der Waals surface area contributed by atoms with Gasteiger partial charge in [0.15, 0.2) is 0 Å². The van der Waals surface area contributed by atoms with E-state index in [4.69, 9.17) is 15.0 Å². The highest BCUT2D eigenvalue weighted by atomic mass is 16.5. The van der Waals surface area contributed by atoms with Gasteiger partial charge in [-0.3, -0.25) is 0 Å². The molecule has 0 radical (unpaired) electrons. The van der Waals surface area contributed by atoms with Crippen LogP contribution in [0.2, 0.25) is 0 Å². The van der Waals surface area contributed by atoms with E-state index in [0.29, 0.717) is 30.1 Å². The Kier molecular flexibility index (Phi) is 5.33. The zero-order valence-electron chi connectivity index (χ0n) is 12.9. The number of methoxy groups -OCH3 is 1. The number of rotatable bonds is 7. The Balaban J connectivity index is 2.06. The maximum atomic E-state index is 5.82. The molecule has 0 fully saturated rings. The molecule has 0 unspecified atom stereocenters. The largest absolute Gasteiger partial charge is 0.497 e. The van der Waals surface area contributed by atoms with Crippen molar-refractivity contribution in [2.45, 2.75) is 26.7 Å². The number of ether oxygens (including phenoxy) is 1. The molecule has 1 aromatic heterocycles. The summed E-state index contributed by atoms with van der Waals surface area (Å²) in [5.74, 6) is 3.06. The van der Waals surface area contributed by atoms with Gasteiger partial charge in [-0.05, 0) is 49.1 Å². The second kappa shape index (κ2) is 7.22. The SMILES string of the molecule is COc1ccc(-c2noc(C[C@@H](CN)CC(C)C)n2)cc1. The van der Waals surface area contributed by atoms with Crippen LogP contribution in [0.25, 0.3) is 11.4 Å². The second-order valence-electron chi connectivity index (χ2n) is 5.68. The fourth-order valence-corrected chi connectivity index (χ4v) is 2.37. The van der Waals surface area contributed by atoms with E-state index in [-0.39, 0.29) is 0 Å². The molecule has 2 aromatic rings. The molecule has 5 heteroatoms. The Morgan fingerprint density at radius 2 is 1.95 bits per heavy atom. The maximum absolute atomic E-state index is 5.82. The van der Waals surface area contributed by atoms with Crippen molar-refractivity contribution in [1.82, 2.24) is 10.1 Å². The number of nitrogens with zero attached hydrogens (tertiary/aromatic N) is 2. The van der Waals surface area contributed by atoms with Gasteiger partial charge in [-0.1, -0.05) is 19.0 Å². The van der Waals surface area contributed by atoms with E-state index < -0.39 is 0 Å². The van der Waals surface area contributed by atoms with Gasteiger partial charge >= 0.3 is 0 Å². The molecule has 5 nitrogen and oxygen atoms in total. The van der Waals surface area contributed by atoms with Crippen LogP contribution in [0, 0.1) is 11.8 Å². The van der Waals surface area contributed by atoms with E-state index in [1.54, 1.807) is 7.11 Å². The molecule has 21 heavy (non-hydrogen) atoms. The lowest BCUT2D eigenvalue weighted by atomic mass is 9.94. The van der Waals surface area contributed by atoms with Gasteiger partial charge in [0, 0.05) is 12.0 Å². The third-order valence-corrected chi connectivity index (χ3v) is 3.42. The van der Waals surface area contributed by atoms with Gasteiger partial charge in [-0.25, -0.2) is 0 Å². The smallest absolute Gasteiger partial charge is 0.227 e. The zero-order valence-corrected chi connectivity index (χ0v) is 12.9. The highest BCUT2D eigenvalue weighted by molar-refractivity contribution is 5.55. The predicted octanol–water partition coefficient (Wildman–Crippen LogP) is 2.91. The Morgan fingerprint density at radius 1 is 1.24 bits per heavy atom. The molecule has 0 saturated heterocycles. The molecule has 2 N–H and O–H groups in total. The van der Waals surface area contributed by atoms with Crippen LogP contribution in [-0.4, -0.2) is 23.8 Å². The van der Waals surface area contributed by atoms with Crippen molar-refractivity contribution < 1.29 is 9.26 Å². The molecule has 0 bridgehead atoms. The van der Waals surface area contributed by atoms with Crippen LogP contribution in [0.15, 0.2) is 28.8 Å². The molecule has 0 amide bonds. The number of hydrogen-bond donors (Lipinski definition) is 1. The highest BCUT2D eigenvalue weighted by Crippen LogP contribution is 2.21. The molecule has 0 aliphatic rings. The van der Waals surface area contributed by atoms with Crippen molar-refractivity contribution in [2.75, 3.05) is 13.7 Å². The minimum Gasteiger partial charge on any atom is -0.497 e. The zero-order chi connectivity index (χ0) is 15.2. The average molecular weight is 289 g/mol. The lowest BCUT2D eigenvalue weighted by molar-refractivity contribution is 0.332. The van der Waals surface area contributed by atoms with Gasteiger partial charge in [0.2, 0.25) is 11.7 Å². The third kappa shape index (κ3) is 4.29. The predicted molar refractivity (Wildman–Crippen MR) is 82.0 cm³/mol. The van der Waals surface area contributed by atoms with E-state index in [1.165, 1.54) is 0 Å². The van der Waals surface area contributed by atoms with Gasteiger partial charge in [0.05, 0.1) is 7.11 Å². The first-order chi connectivity index (χ1) is 10.1. The average Bonchev–Trinajstić information content (AvgIpc) is 2.94. The van der Waals surface area contributed by atoms with Crippen LogP contribution >= 0.6 is 0 Å². The Labute approximate surface area is 125 Å². The summed E-state index contributed by atoms with van der Waals surface area (Å²) in [6.07, 6.45) is 1.80. The van der Waals surface area contributed by atoms with Crippen molar-refractivity contribution >= 4 is 0 Å². The summed E-state index contributed by atoms with van der Waals surface area (Å²) in [6.45, 7) is 5.02. The van der Waals surface area contributed by atoms with Gasteiger partial charge in [0.25, 0.3) is 0 Å². The molecular weight excluding hydrogens is 266 g/mol. The minimum atomic E-state index is 0.383. The van der Waals surface area contributed by atoms with E-state index in [9.17, 15) is 0 Å². The van der Waals surface area contributed by atoms with Crippen LogP contribution < -0.4 is 10.5 Å². The molecule has 1 atom stereocenters. The molecular formula is C16H23N3O2. The number of nitrogens with two attached hydrogens (primary N) is 1. The summed E-state index contributed by atoms with van der Waals surface area (Å²) in [5, 5.41) is 4.04. The van der Waals surface area contributed by atoms with Crippen LogP contribution in [0.4, 0.5) is 0 Å². The molecule has 0 spiro atoms. The maximum Gasteiger partial charge on any atom is 0.227 e. The van der Waals surface area contributed by atoms with Crippen molar-refractivity contribution in [1.29, 1.82) is 0 Å². The quantitative estimate of drug-likeness (QED) is 0.848. The lowest BCUT2D eigenvalue weighted by Gasteiger charge is -2.14. The normalized spacial score (nSPS) is 12.6. The first kappa shape index (κ1) is 15.5. The standard InChI is InChI=1S/C16H23N3O2/c1-11(2)8-12(10-17)9-15-18-16(19-21-15)13-4-6-14(20-3)7-5-13/h4-7,11-12H,8-10,17H2,1-3H3/t12-/m0/s1. The van der Waals surface area contributed by atoms with Crippen LogP contribution in [0.1, 0.15) is 26.2 Å². The first-order valence-electron chi connectivity index (χ1n) is 7.29.